The summed E-state index contributed by atoms with van der Waals surface area (Å²) in [6.45, 7) is 0.111. The average Bonchev–Trinajstić information content (AvgIpc) is 3.26. The molecular formula is C22H22N8O4S. The Morgan fingerprint density at radius 2 is 1.63 bits per heavy atom. The van der Waals surface area contributed by atoms with E-state index in [9.17, 15) is 23.3 Å². The number of nitrogens with zero attached hydrogens (tertiary/aromatic N) is 7. The molecule has 0 spiro atoms. The molecule has 3 aromatic heterocycles. The fourth-order valence-electron chi connectivity index (χ4n) is 4.01. The maximum Gasteiger partial charge on any atom is 0.332 e. The largest absolute Gasteiger partial charge is 0.332 e. The summed E-state index contributed by atoms with van der Waals surface area (Å²) in [6.07, 6.45) is 7.49. The number of aromatic nitrogens is 6. The Morgan fingerprint density at radius 3 is 2.14 bits per heavy atom. The molecule has 3 heterocycles. The van der Waals surface area contributed by atoms with Crippen molar-refractivity contribution in [2.24, 2.45) is 14.1 Å². The van der Waals surface area contributed by atoms with Gasteiger partial charge in [-0.1, -0.05) is 0 Å². The van der Waals surface area contributed by atoms with Crippen LogP contribution in [0.2, 0.25) is 0 Å². The summed E-state index contributed by atoms with van der Waals surface area (Å²) in [5.74, 6) is 0. The number of hydrogen-bond acceptors (Lipinski definition) is 7. The SMILES string of the molecule is Cn1cc(Cn2c(=O)c3cc(S(=O)(=O)NC4(C#N)CC4)ccc3n(Cc3cnn(C)c3)c2=O)cn1. The Kier molecular flexibility index (Phi) is 5.22. The van der Waals surface area contributed by atoms with Crippen LogP contribution in [0.5, 0.6) is 0 Å². The van der Waals surface area contributed by atoms with Crippen molar-refractivity contribution >= 4 is 20.9 Å². The highest BCUT2D eigenvalue weighted by atomic mass is 32.2. The summed E-state index contributed by atoms with van der Waals surface area (Å²) in [7, 11) is -0.574. The van der Waals surface area contributed by atoms with E-state index in [1.807, 2.05) is 6.07 Å². The molecule has 180 valence electrons. The molecule has 13 heteroatoms. The zero-order valence-electron chi connectivity index (χ0n) is 19.0. The van der Waals surface area contributed by atoms with Crippen LogP contribution in [-0.2, 0) is 37.2 Å². The molecule has 0 saturated heterocycles. The number of rotatable bonds is 7. The predicted molar refractivity (Wildman–Crippen MR) is 125 cm³/mol. The van der Waals surface area contributed by atoms with Crippen molar-refractivity contribution in [3.05, 3.63) is 75.0 Å². The topological polar surface area (TPSA) is 150 Å². The minimum Gasteiger partial charge on any atom is -0.289 e. The Morgan fingerprint density at radius 1 is 1.03 bits per heavy atom. The lowest BCUT2D eigenvalue weighted by atomic mass is 10.2. The summed E-state index contributed by atoms with van der Waals surface area (Å²) in [5, 5.41) is 17.6. The minimum atomic E-state index is -4.06. The number of fused-ring (bicyclic) bond motifs is 1. The molecule has 35 heavy (non-hydrogen) atoms. The van der Waals surface area contributed by atoms with Gasteiger partial charge in [-0.3, -0.25) is 23.3 Å². The van der Waals surface area contributed by atoms with Crippen LogP contribution in [0.25, 0.3) is 10.9 Å². The van der Waals surface area contributed by atoms with Crippen molar-refractivity contribution in [1.29, 1.82) is 5.26 Å². The second-order valence-corrected chi connectivity index (χ2v) is 10.5. The number of hydrogen-bond donors (Lipinski definition) is 1. The number of benzene rings is 1. The molecule has 0 aliphatic heterocycles. The molecule has 0 amide bonds. The summed E-state index contributed by atoms with van der Waals surface area (Å²) >= 11 is 0. The van der Waals surface area contributed by atoms with Crippen LogP contribution in [-0.4, -0.2) is 42.7 Å². The number of nitrogens with one attached hydrogen (secondary N) is 1. The van der Waals surface area contributed by atoms with Gasteiger partial charge in [0.15, 0.2) is 0 Å². The fourth-order valence-corrected chi connectivity index (χ4v) is 5.41. The van der Waals surface area contributed by atoms with E-state index in [0.717, 1.165) is 10.1 Å². The Labute approximate surface area is 199 Å². The highest BCUT2D eigenvalue weighted by molar-refractivity contribution is 7.89. The molecule has 1 saturated carbocycles. The molecule has 1 aliphatic carbocycles. The first-order valence-electron chi connectivity index (χ1n) is 10.8. The molecule has 0 radical (unpaired) electrons. The van der Waals surface area contributed by atoms with Gasteiger partial charge < -0.3 is 0 Å². The van der Waals surface area contributed by atoms with Gasteiger partial charge >= 0.3 is 5.69 Å². The number of sulfonamides is 1. The van der Waals surface area contributed by atoms with Crippen molar-refractivity contribution < 1.29 is 8.42 Å². The second kappa shape index (κ2) is 8.03. The third-order valence-corrected chi connectivity index (χ3v) is 7.53. The Bertz CT molecular complexity index is 1730. The van der Waals surface area contributed by atoms with Crippen molar-refractivity contribution in [3.63, 3.8) is 0 Å². The maximum absolute atomic E-state index is 13.4. The molecule has 12 nitrogen and oxygen atoms in total. The molecule has 1 aliphatic rings. The Balaban J connectivity index is 1.69. The van der Waals surface area contributed by atoms with Crippen LogP contribution in [0.3, 0.4) is 0 Å². The van der Waals surface area contributed by atoms with E-state index in [1.165, 1.54) is 22.8 Å². The van der Waals surface area contributed by atoms with E-state index < -0.39 is 26.8 Å². The minimum absolute atomic E-state index is 0.0265. The third kappa shape index (κ3) is 4.17. The summed E-state index contributed by atoms with van der Waals surface area (Å²) in [5.41, 5.74) is -0.570. The molecule has 5 rings (SSSR count). The second-order valence-electron chi connectivity index (χ2n) is 8.78. The van der Waals surface area contributed by atoms with Crippen molar-refractivity contribution in [1.82, 2.24) is 33.4 Å². The zero-order valence-corrected chi connectivity index (χ0v) is 19.9. The van der Waals surface area contributed by atoms with E-state index >= 15 is 0 Å². The Hall–Kier alpha value is -4.02. The highest BCUT2D eigenvalue weighted by Gasteiger charge is 2.46. The third-order valence-electron chi connectivity index (χ3n) is 6.00. The standard InChI is InChI=1S/C22H22N8O4S/c1-27-10-15(8-24-27)12-29-19-4-3-17(35(33,34)26-22(14-23)5-6-22)7-18(19)20(31)30(21(29)32)13-16-9-25-28(2)11-16/h3-4,7-11,26H,5-6,12-13H2,1-2H3. The van der Waals surface area contributed by atoms with Gasteiger partial charge in [0.05, 0.1) is 47.4 Å². The van der Waals surface area contributed by atoms with E-state index in [0.29, 0.717) is 23.9 Å². The van der Waals surface area contributed by atoms with Crippen LogP contribution in [0.4, 0.5) is 0 Å². The van der Waals surface area contributed by atoms with Crippen LogP contribution in [0, 0.1) is 11.3 Å². The van der Waals surface area contributed by atoms with Gasteiger partial charge in [-0.2, -0.15) is 20.2 Å². The lowest BCUT2D eigenvalue weighted by molar-refractivity contribution is 0.571. The van der Waals surface area contributed by atoms with Crippen molar-refractivity contribution in [3.8, 4) is 6.07 Å². The highest BCUT2D eigenvalue weighted by Crippen LogP contribution is 2.36. The van der Waals surface area contributed by atoms with E-state index in [2.05, 4.69) is 14.9 Å². The molecule has 1 N–H and O–H groups in total. The first kappa shape index (κ1) is 22.8. The van der Waals surface area contributed by atoms with Gasteiger partial charge in [0, 0.05) is 37.6 Å². The summed E-state index contributed by atoms with van der Waals surface area (Å²) < 4.78 is 34.0. The monoisotopic (exact) mass is 494 g/mol. The van der Waals surface area contributed by atoms with Gasteiger partial charge in [0.1, 0.15) is 5.54 Å². The fraction of sp³-hybridized carbons (Fsp3) is 0.318. The lowest BCUT2D eigenvalue weighted by Gasteiger charge is -2.15. The van der Waals surface area contributed by atoms with Crippen LogP contribution >= 0.6 is 0 Å². The van der Waals surface area contributed by atoms with E-state index in [1.54, 1.807) is 48.2 Å². The van der Waals surface area contributed by atoms with Gasteiger partial charge in [0.25, 0.3) is 5.56 Å². The van der Waals surface area contributed by atoms with Gasteiger partial charge in [-0.05, 0) is 31.0 Å². The molecule has 4 aromatic rings. The first-order chi connectivity index (χ1) is 16.6. The van der Waals surface area contributed by atoms with Gasteiger partial charge in [0.2, 0.25) is 10.0 Å². The quantitative estimate of drug-likeness (QED) is 0.382. The maximum atomic E-state index is 13.4. The molecule has 1 fully saturated rings. The summed E-state index contributed by atoms with van der Waals surface area (Å²) in [6, 6.07) is 6.03. The predicted octanol–water partition coefficient (Wildman–Crippen LogP) is 0.0613. The average molecular weight is 495 g/mol. The zero-order chi connectivity index (χ0) is 25.0. The molecule has 0 bridgehead atoms. The molecular weight excluding hydrogens is 472 g/mol. The number of nitriles is 1. The molecule has 0 unspecified atom stereocenters. The van der Waals surface area contributed by atoms with Crippen LogP contribution < -0.4 is 16.0 Å². The van der Waals surface area contributed by atoms with Gasteiger partial charge in [-0.25, -0.2) is 13.2 Å². The van der Waals surface area contributed by atoms with Crippen LogP contribution in [0.1, 0.15) is 24.0 Å². The normalized spacial score (nSPS) is 14.8. The van der Waals surface area contributed by atoms with E-state index in [-0.39, 0.29) is 23.4 Å². The van der Waals surface area contributed by atoms with E-state index in [4.69, 9.17) is 0 Å². The van der Waals surface area contributed by atoms with Crippen molar-refractivity contribution in [2.45, 2.75) is 36.4 Å². The molecule has 1 aromatic carbocycles. The van der Waals surface area contributed by atoms with Gasteiger partial charge in [-0.15, -0.1) is 0 Å². The molecule has 0 atom stereocenters. The van der Waals surface area contributed by atoms with Crippen molar-refractivity contribution in [2.75, 3.05) is 0 Å². The van der Waals surface area contributed by atoms with Crippen LogP contribution in [0.15, 0.2) is 57.5 Å². The number of aryl methyl sites for hydroxylation is 2. The first-order valence-corrected chi connectivity index (χ1v) is 12.3. The lowest BCUT2D eigenvalue weighted by Crippen LogP contribution is -2.40. The smallest absolute Gasteiger partial charge is 0.289 e. The summed E-state index contributed by atoms with van der Waals surface area (Å²) in [4.78, 5) is 26.7.